The van der Waals surface area contributed by atoms with Gasteiger partial charge in [-0.25, -0.2) is 4.79 Å². The molecule has 0 aromatic heterocycles. The Bertz CT molecular complexity index is 690. The third-order valence-corrected chi connectivity index (χ3v) is 2.66. The number of carboxylic acids is 1. The molecule has 2 aromatic rings. The van der Waals surface area contributed by atoms with E-state index in [0.29, 0.717) is 16.9 Å². The van der Waals surface area contributed by atoms with Crippen LogP contribution in [0, 0.1) is 16.2 Å². The second kappa shape index (κ2) is 5.63. The van der Waals surface area contributed by atoms with Crippen molar-refractivity contribution in [2.24, 2.45) is 5.29 Å². The summed E-state index contributed by atoms with van der Waals surface area (Å²) in [5.41, 5.74) is 1.37. The minimum atomic E-state index is -1.05. The van der Waals surface area contributed by atoms with Crippen LogP contribution in [0.3, 0.4) is 0 Å². The molecule has 0 amide bonds. The highest BCUT2D eigenvalue weighted by molar-refractivity contribution is 5.88. The highest BCUT2D eigenvalue weighted by Crippen LogP contribution is 2.26. The molecule has 0 saturated heterocycles. The molecular formula is C14H9N3O3. The van der Waals surface area contributed by atoms with Gasteiger partial charge in [0.05, 0.1) is 33.9 Å². The van der Waals surface area contributed by atoms with E-state index in [2.05, 4.69) is 5.29 Å². The number of nitroso groups, excluding NO2 is 1. The van der Waals surface area contributed by atoms with Gasteiger partial charge in [-0.2, -0.15) is 10.3 Å². The second-order valence-corrected chi connectivity index (χ2v) is 3.91. The van der Waals surface area contributed by atoms with Crippen LogP contribution in [0.4, 0.5) is 11.4 Å². The minimum Gasteiger partial charge on any atom is -0.478 e. The highest BCUT2D eigenvalue weighted by atomic mass is 16.4. The second-order valence-electron chi connectivity index (χ2n) is 3.91. The third kappa shape index (κ3) is 2.62. The molecule has 0 atom stereocenters. The summed E-state index contributed by atoms with van der Waals surface area (Å²) in [4.78, 5) is 21.8. The topological polar surface area (TPSA) is 93.8 Å². The lowest BCUT2D eigenvalue weighted by atomic mass is 10.2. The van der Waals surface area contributed by atoms with Crippen LogP contribution in [0.25, 0.3) is 0 Å². The third-order valence-electron chi connectivity index (χ3n) is 2.66. The average Bonchev–Trinajstić information content (AvgIpc) is 2.49. The minimum absolute atomic E-state index is 0.116. The van der Waals surface area contributed by atoms with Gasteiger partial charge in [0, 0.05) is 0 Å². The summed E-state index contributed by atoms with van der Waals surface area (Å²) in [6.45, 7) is 0. The highest BCUT2D eigenvalue weighted by Gasteiger charge is 2.11. The van der Waals surface area contributed by atoms with E-state index in [0.717, 1.165) is 5.01 Å². The first-order chi connectivity index (χ1) is 9.65. The van der Waals surface area contributed by atoms with E-state index >= 15 is 0 Å². The van der Waals surface area contributed by atoms with Gasteiger partial charge in [-0.1, -0.05) is 6.07 Å². The van der Waals surface area contributed by atoms with Gasteiger partial charge >= 0.3 is 5.97 Å². The first-order valence-corrected chi connectivity index (χ1v) is 5.62. The number of anilines is 2. The molecule has 0 aliphatic carbocycles. The van der Waals surface area contributed by atoms with Crippen molar-refractivity contribution in [1.82, 2.24) is 0 Å². The first kappa shape index (κ1) is 13.2. The number of nitrogens with zero attached hydrogens (tertiary/aromatic N) is 3. The summed E-state index contributed by atoms with van der Waals surface area (Å²) in [6, 6.07) is 14.1. The smallest absolute Gasteiger partial charge is 0.335 e. The molecule has 0 unspecified atom stereocenters. The zero-order valence-electron chi connectivity index (χ0n) is 10.2. The molecular weight excluding hydrogens is 258 g/mol. The monoisotopic (exact) mass is 267 g/mol. The molecule has 0 fully saturated rings. The van der Waals surface area contributed by atoms with Gasteiger partial charge in [0.1, 0.15) is 0 Å². The standard InChI is InChI=1S/C14H9N3O3/c15-9-10-2-1-3-13(8-10)17(16-20)12-6-4-11(5-7-12)14(18)19/h1-8H,(H,18,19). The van der Waals surface area contributed by atoms with Gasteiger partial charge < -0.3 is 5.11 Å². The van der Waals surface area contributed by atoms with Crippen LogP contribution in [0.15, 0.2) is 53.8 Å². The number of aromatic carboxylic acids is 1. The van der Waals surface area contributed by atoms with Gasteiger partial charge in [0.15, 0.2) is 0 Å². The fourth-order valence-corrected chi connectivity index (χ4v) is 1.70. The molecule has 6 nitrogen and oxygen atoms in total. The fraction of sp³-hybridized carbons (Fsp3) is 0. The maximum absolute atomic E-state index is 11.0. The maximum atomic E-state index is 11.0. The molecule has 1 N–H and O–H groups in total. The van der Waals surface area contributed by atoms with Crippen molar-refractivity contribution in [2.75, 3.05) is 5.01 Å². The SMILES string of the molecule is N#Cc1cccc(N(N=O)c2ccc(C(=O)O)cc2)c1. The van der Waals surface area contributed by atoms with E-state index < -0.39 is 5.97 Å². The fourth-order valence-electron chi connectivity index (χ4n) is 1.70. The molecule has 0 saturated carbocycles. The van der Waals surface area contributed by atoms with Crippen LogP contribution in [0.5, 0.6) is 0 Å². The number of benzene rings is 2. The molecule has 0 radical (unpaired) electrons. The van der Waals surface area contributed by atoms with Crippen molar-refractivity contribution in [3.63, 3.8) is 0 Å². The van der Waals surface area contributed by atoms with Crippen LogP contribution >= 0.6 is 0 Å². The van der Waals surface area contributed by atoms with Gasteiger partial charge in [0.25, 0.3) is 0 Å². The molecule has 6 heteroatoms. The van der Waals surface area contributed by atoms with Crippen molar-refractivity contribution < 1.29 is 9.90 Å². The molecule has 0 heterocycles. The Balaban J connectivity index is 2.39. The van der Waals surface area contributed by atoms with Crippen LogP contribution in [-0.2, 0) is 0 Å². The largest absolute Gasteiger partial charge is 0.478 e. The molecule has 98 valence electrons. The molecule has 20 heavy (non-hydrogen) atoms. The molecule has 2 rings (SSSR count). The number of hydrogen-bond donors (Lipinski definition) is 1. The summed E-state index contributed by atoms with van der Waals surface area (Å²) in [5.74, 6) is -1.05. The average molecular weight is 267 g/mol. The predicted octanol–water partition coefficient (Wildman–Crippen LogP) is 3.08. The predicted molar refractivity (Wildman–Crippen MR) is 72.5 cm³/mol. The van der Waals surface area contributed by atoms with Crippen LogP contribution in [0.1, 0.15) is 15.9 Å². The molecule has 0 spiro atoms. The lowest BCUT2D eigenvalue weighted by Crippen LogP contribution is -2.08. The lowest BCUT2D eigenvalue weighted by Gasteiger charge is -2.15. The van der Waals surface area contributed by atoms with E-state index in [1.54, 1.807) is 18.2 Å². The Hall–Kier alpha value is -3.20. The summed E-state index contributed by atoms with van der Waals surface area (Å²) in [5, 5.41) is 21.7. The maximum Gasteiger partial charge on any atom is 0.335 e. The number of rotatable bonds is 4. The quantitative estimate of drug-likeness (QED) is 0.678. The Morgan fingerprint density at radius 2 is 1.85 bits per heavy atom. The summed E-state index contributed by atoms with van der Waals surface area (Å²) >= 11 is 0. The summed E-state index contributed by atoms with van der Waals surface area (Å²) in [6.07, 6.45) is 0. The number of carbonyl (C=O) groups is 1. The van der Waals surface area contributed by atoms with Crippen molar-refractivity contribution in [1.29, 1.82) is 5.26 Å². The Morgan fingerprint density at radius 1 is 1.15 bits per heavy atom. The van der Waals surface area contributed by atoms with E-state index in [-0.39, 0.29) is 5.56 Å². The van der Waals surface area contributed by atoms with E-state index in [4.69, 9.17) is 10.4 Å². The normalized spacial score (nSPS) is 9.55. The number of nitriles is 1. The summed E-state index contributed by atoms with van der Waals surface area (Å²) < 4.78 is 0. The Kier molecular flexibility index (Phi) is 3.72. The molecule has 0 aliphatic rings. The zero-order chi connectivity index (χ0) is 14.5. The molecule has 2 aromatic carbocycles. The number of hydrogen-bond acceptors (Lipinski definition) is 4. The van der Waals surface area contributed by atoms with Gasteiger partial charge in [0.2, 0.25) is 0 Å². The first-order valence-electron chi connectivity index (χ1n) is 5.62. The van der Waals surface area contributed by atoms with E-state index in [1.807, 2.05) is 6.07 Å². The van der Waals surface area contributed by atoms with E-state index in [9.17, 15) is 9.70 Å². The van der Waals surface area contributed by atoms with Crippen molar-refractivity contribution >= 4 is 17.3 Å². The van der Waals surface area contributed by atoms with E-state index in [1.165, 1.54) is 30.3 Å². The van der Waals surface area contributed by atoms with Crippen LogP contribution < -0.4 is 5.01 Å². The zero-order valence-corrected chi connectivity index (χ0v) is 10.2. The van der Waals surface area contributed by atoms with Gasteiger partial charge in [-0.3, -0.25) is 0 Å². The van der Waals surface area contributed by atoms with Crippen molar-refractivity contribution in [3.05, 3.63) is 64.6 Å². The van der Waals surface area contributed by atoms with Crippen LogP contribution in [0.2, 0.25) is 0 Å². The Morgan fingerprint density at radius 3 is 2.40 bits per heavy atom. The van der Waals surface area contributed by atoms with Crippen molar-refractivity contribution in [3.8, 4) is 6.07 Å². The van der Waals surface area contributed by atoms with Gasteiger partial charge in [-0.05, 0) is 42.5 Å². The molecule has 0 bridgehead atoms. The summed E-state index contributed by atoms with van der Waals surface area (Å²) in [7, 11) is 0. The van der Waals surface area contributed by atoms with Gasteiger partial charge in [-0.15, -0.1) is 4.91 Å². The van der Waals surface area contributed by atoms with Crippen LogP contribution in [-0.4, -0.2) is 11.1 Å². The lowest BCUT2D eigenvalue weighted by molar-refractivity contribution is 0.0697. The molecule has 0 aliphatic heterocycles. The van der Waals surface area contributed by atoms with Crippen molar-refractivity contribution in [2.45, 2.75) is 0 Å². The Labute approximate surface area is 114 Å². The number of carboxylic acid groups (broad SMARTS) is 1.